The molecule has 7 nitrogen and oxygen atoms in total. The van der Waals surface area contributed by atoms with Gasteiger partial charge in [0.25, 0.3) is 0 Å². The van der Waals surface area contributed by atoms with Crippen molar-refractivity contribution in [3.05, 3.63) is 53.1 Å². The first-order chi connectivity index (χ1) is 12.7. The highest BCUT2D eigenvalue weighted by Crippen LogP contribution is 2.30. The second kappa shape index (κ2) is 5.89. The molecule has 1 aliphatic heterocycles. The van der Waals surface area contributed by atoms with E-state index in [4.69, 9.17) is 0 Å². The molecule has 0 saturated heterocycles. The second-order valence-electron chi connectivity index (χ2n) is 5.94. The lowest BCUT2D eigenvalue weighted by molar-refractivity contribution is -0.161. The Kier molecular flexibility index (Phi) is 3.75. The standard InChI is InChI=1S/C16H11F4N5O2/c1-8-11-5-13-14(15(26)27-6-16(18,19)20)21-7-24(13)10-3-2-9(17)4-12(10)25(11)23-22-8/h2-4,7H,5-6H2,1H3. The van der Waals surface area contributed by atoms with E-state index in [2.05, 4.69) is 20.0 Å². The van der Waals surface area contributed by atoms with Gasteiger partial charge >= 0.3 is 12.1 Å². The van der Waals surface area contributed by atoms with Crippen LogP contribution in [0.3, 0.4) is 0 Å². The predicted octanol–water partition coefficient (Wildman–Crippen LogP) is 2.52. The number of carbonyl (C=O) groups is 1. The molecule has 1 aromatic carbocycles. The third-order valence-electron chi connectivity index (χ3n) is 4.14. The molecule has 0 bridgehead atoms. The van der Waals surface area contributed by atoms with Crippen LogP contribution < -0.4 is 0 Å². The van der Waals surface area contributed by atoms with Gasteiger partial charge in [0.1, 0.15) is 12.1 Å². The molecule has 27 heavy (non-hydrogen) atoms. The molecule has 0 N–H and O–H groups in total. The van der Waals surface area contributed by atoms with Crippen molar-refractivity contribution in [1.29, 1.82) is 0 Å². The first-order valence-corrected chi connectivity index (χ1v) is 7.76. The lowest BCUT2D eigenvalue weighted by atomic mass is 10.1. The van der Waals surface area contributed by atoms with Crippen molar-refractivity contribution >= 4 is 5.97 Å². The van der Waals surface area contributed by atoms with Gasteiger partial charge < -0.3 is 4.74 Å². The van der Waals surface area contributed by atoms with Gasteiger partial charge in [-0.15, -0.1) is 5.10 Å². The van der Waals surface area contributed by atoms with Crippen molar-refractivity contribution < 1.29 is 27.1 Å². The SMILES string of the molecule is Cc1nnn2c1Cc1c(C(=O)OCC(F)(F)F)ncn1-c1ccc(F)cc1-2. The van der Waals surface area contributed by atoms with E-state index in [0.29, 0.717) is 28.5 Å². The second-order valence-corrected chi connectivity index (χ2v) is 5.94. The Morgan fingerprint density at radius 1 is 1.26 bits per heavy atom. The maximum absolute atomic E-state index is 13.8. The fraction of sp³-hybridized carbons (Fsp3) is 0.250. The molecular weight excluding hydrogens is 370 g/mol. The summed E-state index contributed by atoms with van der Waals surface area (Å²) in [5.41, 5.74) is 1.98. The van der Waals surface area contributed by atoms with Gasteiger partial charge in [-0.05, 0) is 19.1 Å². The predicted molar refractivity (Wildman–Crippen MR) is 82.3 cm³/mol. The van der Waals surface area contributed by atoms with Crippen LogP contribution in [0.2, 0.25) is 0 Å². The molecule has 0 radical (unpaired) electrons. The lowest BCUT2D eigenvalue weighted by Crippen LogP contribution is -2.21. The first kappa shape index (κ1) is 17.2. The van der Waals surface area contributed by atoms with Crippen molar-refractivity contribution in [2.75, 3.05) is 6.61 Å². The van der Waals surface area contributed by atoms with Crippen LogP contribution >= 0.6 is 0 Å². The highest BCUT2D eigenvalue weighted by molar-refractivity contribution is 5.89. The quantitative estimate of drug-likeness (QED) is 0.394. The summed E-state index contributed by atoms with van der Waals surface area (Å²) in [7, 11) is 0. The van der Waals surface area contributed by atoms with Gasteiger partial charge in [0, 0.05) is 12.5 Å². The summed E-state index contributed by atoms with van der Waals surface area (Å²) < 4.78 is 58.1. The number of hydrogen-bond acceptors (Lipinski definition) is 5. The maximum Gasteiger partial charge on any atom is 0.422 e. The van der Waals surface area contributed by atoms with Crippen LogP contribution in [-0.2, 0) is 11.2 Å². The van der Waals surface area contributed by atoms with Crippen LogP contribution in [0.4, 0.5) is 17.6 Å². The summed E-state index contributed by atoms with van der Waals surface area (Å²) in [6.07, 6.45) is -3.26. The zero-order valence-corrected chi connectivity index (χ0v) is 13.8. The maximum atomic E-state index is 13.8. The van der Waals surface area contributed by atoms with Crippen LogP contribution in [0.15, 0.2) is 24.5 Å². The Hall–Kier alpha value is -3.24. The van der Waals surface area contributed by atoms with E-state index in [1.165, 1.54) is 33.8 Å². The topological polar surface area (TPSA) is 74.8 Å². The number of aryl methyl sites for hydroxylation is 1. The molecule has 3 heterocycles. The number of ether oxygens (including phenoxy) is 1. The number of esters is 1. The van der Waals surface area contributed by atoms with Gasteiger partial charge in [0.05, 0.1) is 28.5 Å². The smallest absolute Gasteiger partial charge is 0.422 e. The van der Waals surface area contributed by atoms with Crippen LogP contribution in [0, 0.1) is 12.7 Å². The Morgan fingerprint density at radius 3 is 2.78 bits per heavy atom. The molecule has 0 spiro atoms. The summed E-state index contributed by atoms with van der Waals surface area (Å²) in [4.78, 5) is 16.1. The van der Waals surface area contributed by atoms with E-state index in [1.807, 2.05) is 0 Å². The van der Waals surface area contributed by atoms with Crippen LogP contribution in [0.5, 0.6) is 0 Å². The minimum absolute atomic E-state index is 0.103. The fourth-order valence-electron chi connectivity index (χ4n) is 2.94. The molecule has 0 unspecified atom stereocenters. The number of rotatable bonds is 2. The molecule has 1 aliphatic rings. The zero-order valence-electron chi connectivity index (χ0n) is 13.8. The van der Waals surface area contributed by atoms with Gasteiger partial charge in [-0.1, -0.05) is 5.21 Å². The molecule has 4 rings (SSSR count). The third kappa shape index (κ3) is 2.94. The summed E-state index contributed by atoms with van der Waals surface area (Å²) in [6, 6.07) is 3.94. The Morgan fingerprint density at radius 2 is 2.04 bits per heavy atom. The largest absolute Gasteiger partial charge is 0.451 e. The van der Waals surface area contributed by atoms with Crippen molar-refractivity contribution in [3.8, 4) is 11.4 Å². The van der Waals surface area contributed by atoms with Crippen molar-refractivity contribution in [2.24, 2.45) is 0 Å². The number of benzene rings is 1. The monoisotopic (exact) mass is 381 g/mol. The molecule has 140 valence electrons. The zero-order chi connectivity index (χ0) is 19.3. The van der Waals surface area contributed by atoms with E-state index in [0.717, 1.165) is 0 Å². The minimum Gasteiger partial charge on any atom is -0.451 e. The minimum atomic E-state index is -4.64. The van der Waals surface area contributed by atoms with E-state index < -0.39 is 24.6 Å². The number of imidazole rings is 1. The van der Waals surface area contributed by atoms with Gasteiger partial charge in [0.15, 0.2) is 12.3 Å². The number of carbonyl (C=O) groups excluding carboxylic acids is 1. The van der Waals surface area contributed by atoms with Gasteiger partial charge in [-0.2, -0.15) is 13.2 Å². The van der Waals surface area contributed by atoms with Gasteiger partial charge in [0.2, 0.25) is 0 Å². The first-order valence-electron chi connectivity index (χ1n) is 7.76. The number of fused-ring (bicyclic) bond motifs is 5. The third-order valence-corrected chi connectivity index (χ3v) is 4.14. The number of aromatic nitrogens is 5. The van der Waals surface area contributed by atoms with Crippen LogP contribution in [0.1, 0.15) is 27.6 Å². The van der Waals surface area contributed by atoms with Crippen LogP contribution in [0.25, 0.3) is 11.4 Å². The van der Waals surface area contributed by atoms with Crippen LogP contribution in [-0.4, -0.2) is 43.3 Å². The van der Waals surface area contributed by atoms with Crippen molar-refractivity contribution in [2.45, 2.75) is 19.5 Å². The highest BCUT2D eigenvalue weighted by atomic mass is 19.4. The van der Waals surface area contributed by atoms with Crippen molar-refractivity contribution in [3.63, 3.8) is 0 Å². The number of hydrogen-bond donors (Lipinski definition) is 0. The molecule has 0 fully saturated rings. The Bertz CT molecular complexity index is 1050. The molecular formula is C16H11F4N5O2. The summed E-state index contributed by atoms with van der Waals surface area (Å²) in [5.74, 6) is -1.69. The number of halogens is 4. The van der Waals surface area contributed by atoms with Gasteiger partial charge in [-0.3, -0.25) is 4.57 Å². The average molecular weight is 381 g/mol. The summed E-state index contributed by atoms with van der Waals surface area (Å²) >= 11 is 0. The van der Waals surface area contributed by atoms with E-state index >= 15 is 0 Å². The Balaban J connectivity index is 1.84. The average Bonchev–Trinajstić information content (AvgIpc) is 3.14. The van der Waals surface area contributed by atoms with E-state index in [9.17, 15) is 22.4 Å². The number of nitrogens with zero attached hydrogens (tertiary/aromatic N) is 5. The van der Waals surface area contributed by atoms with E-state index in [-0.39, 0.29) is 12.1 Å². The molecule has 3 aromatic rings. The molecule has 2 aromatic heterocycles. The number of alkyl halides is 3. The summed E-state index contributed by atoms with van der Waals surface area (Å²) in [6.45, 7) is -0.0239. The normalized spacial score (nSPS) is 12.8. The highest BCUT2D eigenvalue weighted by Gasteiger charge is 2.32. The van der Waals surface area contributed by atoms with Gasteiger partial charge in [-0.25, -0.2) is 18.9 Å². The van der Waals surface area contributed by atoms with Crippen molar-refractivity contribution in [1.82, 2.24) is 24.5 Å². The molecule has 11 heteroatoms. The molecule has 0 amide bonds. The molecule has 0 atom stereocenters. The molecule has 0 aliphatic carbocycles. The fourth-order valence-corrected chi connectivity index (χ4v) is 2.94. The lowest BCUT2D eigenvalue weighted by Gasteiger charge is -2.10. The Labute approximate surface area is 149 Å². The molecule has 0 saturated carbocycles. The van der Waals surface area contributed by atoms with E-state index in [1.54, 1.807) is 6.92 Å². The summed E-state index contributed by atoms with van der Waals surface area (Å²) in [5, 5.41) is 7.97.